The molecule has 4 nitrogen and oxygen atoms in total. The molecule has 0 radical (unpaired) electrons. The number of hydrogen-bond acceptors (Lipinski definition) is 4. The van der Waals surface area contributed by atoms with Gasteiger partial charge in [-0.25, -0.2) is 4.99 Å². The quantitative estimate of drug-likeness (QED) is 0.184. The maximum absolute atomic E-state index is 14.0. The summed E-state index contributed by atoms with van der Waals surface area (Å²) in [5.41, 5.74) is 7.20. The normalized spacial score (nSPS) is 15.9. The largest absolute Gasteiger partial charge is 0.488 e. The molecular formula is C34H22BrCl3N2O2S. The summed E-state index contributed by atoms with van der Waals surface area (Å²) < 4.78 is 9.23. The molecule has 0 fully saturated rings. The van der Waals surface area contributed by atoms with Gasteiger partial charge in [0.1, 0.15) is 12.4 Å². The Bertz CT molecular complexity index is 2120. The van der Waals surface area contributed by atoms with Crippen molar-refractivity contribution in [1.82, 2.24) is 4.57 Å². The van der Waals surface area contributed by atoms with Crippen LogP contribution >= 0.6 is 62.1 Å². The van der Waals surface area contributed by atoms with Crippen LogP contribution in [0, 0.1) is 0 Å². The maximum Gasteiger partial charge on any atom is 0.271 e. The van der Waals surface area contributed by atoms with Gasteiger partial charge < -0.3 is 4.74 Å². The van der Waals surface area contributed by atoms with Crippen LogP contribution < -0.4 is 19.6 Å². The molecule has 9 heteroatoms. The number of ether oxygens (including phenoxy) is 1. The Morgan fingerprint density at radius 2 is 1.74 bits per heavy atom. The highest BCUT2D eigenvalue weighted by atomic mass is 79.9. The molecule has 2 heterocycles. The van der Waals surface area contributed by atoms with Crippen LogP contribution in [-0.4, -0.2) is 4.57 Å². The zero-order valence-corrected chi connectivity index (χ0v) is 27.2. The predicted molar refractivity (Wildman–Crippen MR) is 179 cm³/mol. The lowest BCUT2D eigenvalue weighted by atomic mass is 9.83. The molecule has 7 rings (SSSR count). The third-order valence-electron chi connectivity index (χ3n) is 7.71. The van der Waals surface area contributed by atoms with E-state index in [1.807, 2.05) is 65.2 Å². The molecule has 1 atom stereocenters. The van der Waals surface area contributed by atoms with Crippen molar-refractivity contribution in [2.75, 3.05) is 0 Å². The average Bonchev–Trinajstić information content (AvgIpc) is 3.31. The fourth-order valence-corrected chi connectivity index (χ4v) is 7.74. The summed E-state index contributed by atoms with van der Waals surface area (Å²) >= 11 is 23.6. The summed E-state index contributed by atoms with van der Waals surface area (Å²) in [6, 6.07) is 27.0. The maximum atomic E-state index is 14.0. The first kappa shape index (κ1) is 28.6. The van der Waals surface area contributed by atoms with Gasteiger partial charge in [-0.1, -0.05) is 94.7 Å². The number of allylic oxidation sites excluding steroid dienone is 1. The van der Waals surface area contributed by atoms with Crippen LogP contribution in [0.1, 0.15) is 40.3 Å². The van der Waals surface area contributed by atoms with Crippen molar-refractivity contribution in [2.24, 2.45) is 4.99 Å². The molecule has 0 saturated carbocycles. The molecule has 0 saturated heterocycles. The zero-order valence-electron chi connectivity index (χ0n) is 22.5. The molecule has 0 spiro atoms. The summed E-state index contributed by atoms with van der Waals surface area (Å²) in [7, 11) is 0. The number of benzene rings is 4. The van der Waals surface area contributed by atoms with E-state index in [0.29, 0.717) is 36.8 Å². The van der Waals surface area contributed by atoms with Gasteiger partial charge in [0.15, 0.2) is 4.80 Å². The van der Waals surface area contributed by atoms with E-state index in [0.717, 1.165) is 50.8 Å². The second-order valence-corrected chi connectivity index (χ2v) is 13.5. The lowest BCUT2D eigenvalue weighted by Crippen LogP contribution is -2.38. The molecule has 2 aliphatic rings. The van der Waals surface area contributed by atoms with Crippen LogP contribution in [0.3, 0.4) is 0 Å². The van der Waals surface area contributed by atoms with Gasteiger partial charge in [-0.05, 0) is 93.5 Å². The third kappa shape index (κ3) is 5.52. The summed E-state index contributed by atoms with van der Waals surface area (Å²) in [4.78, 5) is 19.8. The molecule has 4 aromatic carbocycles. The highest BCUT2D eigenvalue weighted by Gasteiger charge is 2.32. The van der Waals surface area contributed by atoms with E-state index in [-0.39, 0.29) is 11.6 Å². The molecular weight excluding hydrogens is 687 g/mol. The summed E-state index contributed by atoms with van der Waals surface area (Å²) in [5.74, 6) is 0.665. The number of fused-ring (bicyclic) bond motifs is 3. The smallest absolute Gasteiger partial charge is 0.271 e. The first-order valence-corrected chi connectivity index (χ1v) is 16.3. The van der Waals surface area contributed by atoms with Gasteiger partial charge in [0.2, 0.25) is 0 Å². The Morgan fingerprint density at radius 3 is 2.53 bits per heavy atom. The molecule has 1 aromatic heterocycles. The molecule has 1 aliphatic carbocycles. The van der Waals surface area contributed by atoms with E-state index < -0.39 is 0 Å². The fraction of sp³-hybridized carbons (Fsp3) is 0.118. The summed E-state index contributed by atoms with van der Waals surface area (Å²) in [6.45, 7) is 0.297. The van der Waals surface area contributed by atoms with Crippen molar-refractivity contribution in [3.05, 3.63) is 158 Å². The van der Waals surface area contributed by atoms with Crippen LogP contribution in [0.15, 0.2) is 105 Å². The van der Waals surface area contributed by atoms with Crippen LogP contribution in [0.2, 0.25) is 15.1 Å². The lowest BCUT2D eigenvalue weighted by molar-refractivity contribution is 0.304. The Kier molecular flexibility index (Phi) is 7.83. The molecule has 0 bridgehead atoms. The summed E-state index contributed by atoms with van der Waals surface area (Å²) in [6.07, 6.45) is 3.65. The Hall–Kier alpha value is -3.13. The van der Waals surface area contributed by atoms with Crippen molar-refractivity contribution < 1.29 is 4.74 Å². The molecule has 0 N–H and O–H groups in total. The van der Waals surface area contributed by atoms with Crippen LogP contribution in [0.25, 0.3) is 11.8 Å². The number of halogens is 4. The van der Waals surface area contributed by atoms with Crippen molar-refractivity contribution in [3.63, 3.8) is 0 Å². The number of nitrogens with zero attached hydrogens (tertiary/aromatic N) is 2. The first-order chi connectivity index (χ1) is 20.9. The standard InChI is InChI=1S/C34H22BrCl3N2O2S/c35-27-15-19(5-14-29(27)42-18-22-8-12-24(37)17-28(22)38)16-30-33(41)40-32(21-6-10-23(36)11-7-21)26-13-9-20-3-1-2-4-25(20)31(26)39-34(40)43-30/h1-8,10-12,14-17,32H,9,13,18H2/b30-16+. The van der Waals surface area contributed by atoms with Gasteiger partial charge in [-0.15, -0.1) is 0 Å². The van der Waals surface area contributed by atoms with E-state index >= 15 is 0 Å². The number of aromatic nitrogens is 1. The lowest BCUT2D eigenvalue weighted by Gasteiger charge is -2.30. The number of thiazole rings is 1. The van der Waals surface area contributed by atoms with E-state index in [1.165, 1.54) is 16.9 Å². The van der Waals surface area contributed by atoms with Crippen LogP contribution in [-0.2, 0) is 13.0 Å². The van der Waals surface area contributed by atoms with Crippen molar-refractivity contribution in [2.45, 2.75) is 25.5 Å². The van der Waals surface area contributed by atoms with Gasteiger partial charge in [-0.2, -0.15) is 0 Å². The first-order valence-electron chi connectivity index (χ1n) is 13.6. The van der Waals surface area contributed by atoms with E-state index in [4.69, 9.17) is 44.5 Å². The Morgan fingerprint density at radius 1 is 0.953 bits per heavy atom. The zero-order chi connectivity index (χ0) is 29.7. The second-order valence-electron chi connectivity index (χ2n) is 10.4. The average molecular weight is 709 g/mol. The number of rotatable bonds is 5. The van der Waals surface area contributed by atoms with Gasteiger partial charge in [0, 0.05) is 26.2 Å². The van der Waals surface area contributed by atoms with Crippen molar-refractivity contribution >= 4 is 73.8 Å². The minimum absolute atomic E-state index is 0.0667. The minimum Gasteiger partial charge on any atom is -0.488 e. The second kappa shape index (κ2) is 11.8. The van der Waals surface area contributed by atoms with Gasteiger partial charge in [0.25, 0.3) is 5.56 Å². The number of hydrogen-bond donors (Lipinski definition) is 0. The monoisotopic (exact) mass is 706 g/mol. The molecule has 1 unspecified atom stereocenters. The molecule has 214 valence electrons. The highest BCUT2D eigenvalue weighted by Crippen LogP contribution is 2.41. The fourth-order valence-electron chi connectivity index (χ4n) is 5.64. The molecule has 5 aromatic rings. The van der Waals surface area contributed by atoms with Crippen molar-refractivity contribution in [1.29, 1.82) is 0 Å². The van der Waals surface area contributed by atoms with E-state index in [9.17, 15) is 4.79 Å². The van der Waals surface area contributed by atoms with E-state index in [1.54, 1.807) is 12.1 Å². The van der Waals surface area contributed by atoms with Gasteiger partial charge >= 0.3 is 0 Å². The van der Waals surface area contributed by atoms with Gasteiger partial charge in [-0.3, -0.25) is 9.36 Å². The topological polar surface area (TPSA) is 43.6 Å². The molecule has 0 amide bonds. The summed E-state index contributed by atoms with van der Waals surface area (Å²) in [5, 5.41) is 1.79. The van der Waals surface area contributed by atoms with Gasteiger partial charge in [0.05, 0.1) is 20.7 Å². The minimum atomic E-state index is -0.249. The molecule has 1 aliphatic heterocycles. The molecule has 43 heavy (non-hydrogen) atoms. The highest BCUT2D eigenvalue weighted by molar-refractivity contribution is 9.10. The Balaban J connectivity index is 1.28. The van der Waals surface area contributed by atoms with Crippen LogP contribution in [0.5, 0.6) is 5.75 Å². The third-order valence-corrected chi connectivity index (χ3v) is 10.2. The van der Waals surface area contributed by atoms with Crippen molar-refractivity contribution in [3.8, 4) is 5.75 Å². The Labute approximate surface area is 275 Å². The van der Waals surface area contributed by atoms with Crippen LogP contribution in [0.4, 0.5) is 0 Å². The van der Waals surface area contributed by atoms with E-state index in [2.05, 4.69) is 34.1 Å². The SMILES string of the molecule is O=c1/c(=C\c2ccc(OCc3ccc(Cl)cc3Cl)c(Br)c2)sc2n1C(c1ccc(Cl)cc1)C1=C(N=2)c2ccccc2CC1. The predicted octanol–water partition coefficient (Wildman–Crippen LogP) is 8.62. The number of aryl methyl sites for hydroxylation is 1.